The molecule has 1 N–H and O–H groups in total. The zero-order chi connectivity index (χ0) is 21.7. The third kappa shape index (κ3) is 4.99. The molecule has 30 heavy (non-hydrogen) atoms. The van der Waals surface area contributed by atoms with Crippen LogP contribution >= 0.6 is 0 Å². The Balaban J connectivity index is 1.49. The fourth-order valence-electron chi connectivity index (χ4n) is 3.29. The number of nitro benzene ring substituents is 1. The van der Waals surface area contributed by atoms with E-state index < -0.39 is 29.3 Å². The second kappa shape index (κ2) is 9.17. The predicted molar refractivity (Wildman–Crippen MR) is 107 cm³/mol. The van der Waals surface area contributed by atoms with E-state index in [2.05, 4.69) is 5.32 Å². The van der Waals surface area contributed by atoms with Crippen molar-refractivity contribution in [3.05, 3.63) is 70.3 Å². The molecule has 2 atom stereocenters. The molecule has 0 aromatic heterocycles. The van der Waals surface area contributed by atoms with Gasteiger partial charge in [-0.25, -0.2) is 0 Å². The maximum Gasteiger partial charge on any atom is 0.311 e. The molecule has 1 heterocycles. The van der Waals surface area contributed by atoms with E-state index in [0.717, 1.165) is 5.56 Å². The van der Waals surface area contributed by atoms with Gasteiger partial charge in [0, 0.05) is 30.8 Å². The SMILES string of the molecule is C[C@@H](c1ccccc1)N1C[C@@H](C(=O)OCC(=O)Nc2ccc([N+](=O)[O-])cc2)CC1=O. The average Bonchev–Trinajstić information content (AvgIpc) is 3.14. The molecule has 0 bridgehead atoms. The zero-order valence-corrected chi connectivity index (χ0v) is 16.3. The second-order valence-electron chi connectivity index (χ2n) is 6.99. The number of nitrogens with one attached hydrogen (secondary N) is 1. The van der Waals surface area contributed by atoms with E-state index in [4.69, 9.17) is 4.74 Å². The lowest BCUT2D eigenvalue weighted by Crippen LogP contribution is -2.30. The van der Waals surface area contributed by atoms with Crippen LogP contribution in [0.1, 0.15) is 24.9 Å². The quantitative estimate of drug-likeness (QED) is 0.425. The maximum atomic E-state index is 12.3. The van der Waals surface area contributed by atoms with Gasteiger partial charge in [0.2, 0.25) is 5.91 Å². The molecule has 156 valence electrons. The topological polar surface area (TPSA) is 119 Å². The highest BCUT2D eigenvalue weighted by Crippen LogP contribution is 2.29. The number of amides is 2. The molecule has 0 aliphatic carbocycles. The summed E-state index contributed by atoms with van der Waals surface area (Å²) in [6.07, 6.45) is 0.0416. The summed E-state index contributed by atoms with van der Waals surface area (Å²) in [5.74, 6) is -1.94. The lowest BCUT2D eigenvalue weighted by molar-refractivity contribution is -0.384. The molecule has 1 fully saturated rings. The van der Waals surface area contributed by atoms with Crippen molar-refractivity contribution in [1.82, 2.24) is 4.90 Å². The van der Waals surface area contributed by atoms with Crippen LogP contribution in [0.5, 0.6) is 0 Å². The minimum atomic E-state index is -0.629. The summed E-state index contributed by atoms with van der Waals surface area (Å²) in [6.45, 7) is 1.63. The van der Waals surface area contributed by atoms with Crippen molar-refractivity contribution in [2.45, 2.75) is 19.4 Å². The zero-order valence-electron chi connectivity index (χ0n) is 16.3. The Morgan fingerprint density at radius 3 is 2.50 bits per heavy atom. The van der Waals surface area contributed by atoms with Gasteiger partial charge in [-0.1, -0.05) is 30.3 Å². The molecule has 2 amide bonds. The minimum Gasteiger partial charge on any atom is -0.455 e. The summed E-state index contributed by atoms with van der Waals surface area (Å²) < 4.78 is 5.07. The van der Waals surface area contributed by atoms with Crippen LogP contribution in [0.25, 0.3) is 0 Å². The van der Waals surface area contributed by atoms with Crippen LogP contribution in [0.4, 0.5) is 11.4 Å². The molecule has 2 aromatic rings. The third-order valence-corrected chi connectivity index (χ3v) is 4.95. The van der Waals surface area contributed by atoms with Crippen molar-refractivity contribution >= 4 is 29.2 Å². The summed E-state index contributed by atoms with van der Waals surface area (Å²) in [4.78, 5) is 48.4. The van der Waals surface area contributed by atoms with Crippen LogP contribution in [0.15, 0.2) is 54.6 Å². The monoisotopic (exact) mass is 411 g/mol. The number of nitrogens with zero attached hydrogens (tertiary/aromatic N) is 2. The van der Waals surface area contributed by atoms with Gasteiger partial charge in [0.15, 0.2) is 6.61 Å². The number of rotatable bonds is 7. The summed E-state index contributed by atoms with van der Waals surface area (Å²) >= 11 is 0. The molecule has 0 saturated carbocycles. The largest absolute Gasteiger partial charge is 0.455 e. The lowest BCUT2D eigenvalue weighted by atomic mass is 10.1. The molecule has 9 heteroatoms. The number of esters is 1. The number of likely N-dealkylation sites (tertiary alicyclic amines) is 1. The fourth-order valence-corrected chi connectivity index (χ4v) is 3.29. The molecular weight excluding hydrogens is 390 g/mol. The number of non-ortho nitro benzene ring substituents is 1. The molecule has 0 spiro atoms. The van der Waals surface area contributed by atoms with Crippen molar-refractivity contribution < 1.29 is 24.0 Å². The number of carbonyl (C=O) groups is 3. The first kappa shape index (κ1) is 21.0. The normalized spacial score (nSPS) is 16.8. The Morgan fingerprint density at radius 2 is 1.87 bits per heavy atom. The van der Waals surface area contributed by atoms with E-state index in [9.17, 15) is 24.5 Å². The van der Waals surface area contributed by atoms with Gasteiger partial charge in [-0.15, -0.1) is 0 Å². The van der Waals surface area contributed by atoms with E-state index in [1.807, 2.05) is 37.3 Å². The number of ether oxygens (including phenoxy) is 1. The fraction of sp³-hybridized carbons (Fsp3) is 0.286. The van der Waals surface area contributed by atoms with Gasteiger partial charge in [0.05, 0.1) is 16.9 Å². The maximum absolute atomic E-state index is 12.3. The standard InChI is InChI=1S/C21H21N3O6/c1-14(15-5-3-2-4-6-15)23-12-16(11-20(23)26)21(27)30-13-19(25)22-17-7-9-18(10-8-17)24(28)29/h2-10,14,16H,11-13H2,1H3,(H,22,25)/t14-,16-/m0/s1. The van der Waals surface area contributed by atoms with Crippen LogP contribution in [-0.2, 0) is 19.1 Å². The van der Waals surface area contributed by atoms with Gasteiger partial charge in [-0.3, -0.25) is 24.5 Å². The van der Waals surface area contributed by atoms with Gasteiger partial charge < -0.3 is 15.0 Å². The van der Waals surface area contributed by atoms with Gasteiger partial charge in [0.1, 0.15) is 0 Å². The molecule has 0 unspecified atom stereocenters. The lowest BCUT2D eigenvalue weighted by Gasteiger charge is -2.25. The number of nitro groups is 1. The average molecular weight is 411 g/mol. The summed E-state index contributed by atoms with van der Waals surface area (Å²) in [7, 11) is 0. The van der Waals surface area contributed by atoms with Crippen LogP contribution in [0.2, 0.25) is 0 Å². The first-order chi connectivity index (χ1) is 14.3. The first-order valence-corrected chi connectivity index (χ1v) is 9.40. The molecule has 2 aromatic carbocycles. The number of hydrogen-bond acceptors (Lipinski definition) is 6. The van der Waals surface area contributed by atoms with E-state index >= 15 is 0 Å². The number of hydrogen-bond donors (Lipinski definition) is 1. The molecule has 1 aliphatic rings. The Hall–Kier alpha value is -3.75. The Bertz CT molecular complexity index is 945. The van der Waals surface area contributed by atoms with E-state index in [1.54, 1.807) is 4.90 Å². The molecule has 1 aliphatic heterocycles. The van der Waals surface area contributed by atoms with Gasteiger partial charge >= 0.3 is 5.97 Å². The summed E-state index contributed by atoms with van der Waals surface area (Å²) in [5.41, 5.74) is 1.22. The Morgan fingerprint density at radius 1 is 1.20 bits per heavy atom. The molecule has 3 rings (SSSR count). The summed E-state index contributed by atoms with van der Waals surface area (Å²) in [5, 5.41) is 13.1. The molecular formula is C21H21N3O6. The van der Waals surface area contributed by atoms with Crippen LogP contribution in [0.3, 0.4) is 0 Å². The van der Waals surface area contributed by atoms with E-state index in [-0.39, 0.29) is 30.6 Å². The molecule has 0 radical (unpaired) electrons. The number of anilines is 1. The van der Waals surface area contributed by atoms with Gasteiger partial charge in [-0.05, 0) is 24.6 Å². The van der Waals surface area contributed by atoms with Crippen LogP contribution < -0.4 is 5.32 Å². The van der Waals surface area contributed by atoms with Crippen LogP contribution in [-0.4, -0.2) is 40.8 Å². The number of carbonyl (C=O) groups excluding carboxylic acids is 3. The number of benzene rings is 2. The van der Waals surface area contributed by atoms with Gasteiger partial charge in [-0.2, -0.15) is 0 Å². The smallest absolute Gasteiger partial charge is 0.311 e. The van der Waals surface area contributed by atoms with Crippen LogP contribution in [0, 0.1) is 16.0 Å². The Kier molecular flexibility index (Phi) is 6.41. The highest BCUT2D eigenvalue weighted by Gasteiger charge is 2.38. The van der Waals surface area contributed by atoms with Crippen molar-refractivity contribution in [2.24, 2.45) is 5.92 Å². The highest BCUT2D eigenvalue weighted by molar-refractivity contribution is 5.93. The van der Waals surface area contributed by atoms with Crippen molar-refractivity contribution in [1.29, 1.82) is 0 Å². The van der Waals surface area contributed by atoms with E-state index in [1.165, 1.54) is 24.3 Å². The predicted octanol–water partition coefficient (Wildman–Crippen LogP) is 2.69. The van der Waals surface area contributed by atoms with Gasteiger partial charge in [0.25, 0.3) is 11.6 Å². The van der Waals surface area contributed by atoms with Crippen molar-refractivity contribution in [3.8, 4) is 0 Å². The van der Waals surface area contributed by atoms with Crippen molar-refractivity contribution in [2.75, 3.05) is 18.5 Å². The molecule has 1 saturated heterocycles. The first-order valence-electron chi connectivity index (χ1n) is 9.40. The molecule has 9 nitrogen and oxygen atoms in total. The second-order valence-corrected chi connectivity index (χ2v) is 6.99. The minimum absolute atomic E-state index is 0.0416. The summed E-state index contributed by atoms with van der Waals surface area (Å²) in [6, 6.07) is 14.6. The van der Waals surface area contributed by atoms with E-state index in [0.29, 0.717) is 5.69 Å². The third-order valence-electron chi connectivity index (χ3n) is 4.95. The van der Waals surface area contributed by atoms with Crippen molar-refractivity contribution in [3.63, 3.8) is 0 Å². The Labute approximate surface area is 172 Å². The highest BCUT2D eigenvalue weighted by atomic mass is 16.6.